The van der Waals surface area contributed by atoms with E-state index in [0.717, 1.165) is 55.4 Å². The van der Waals surface area contributed by atoms with Crippen LogP contribution < -0.4 is 16.4 Å². The summed E-state index contributed by atoms with van der Waals surface area (Å²) in [5.41, 5.74) is 9.49. The third kappa shape index (κ3) is 4.94. The minimum Gasteiger partial charge on any atom is -0.427 e. The Hall–Kier alpha value is -4.18. The lowest BCUT2D eigenvalue weighted by atomic mass is 9.43. The number of rotatable bonds is 10. The van der Waals surface area contributed by atoms with Crippen molar-refractivity contribution in [2.45, 2.75) is 58.8 Å². The second-order valence-electron chi connectivity index (χ2n) is 14.0. The molecule has 0 aromatic carbocycles. The predicted octanol–water partition coefficient (Wildman–Crippen LogP) is 3.81. The zero-order valence-corrected chi connectivity index (χ0v) is 27.4. The number of dihydropyridines is 1. The summed E-state index contributed by atoms with van der Waals surface area (Å²) in [5.74, 6) is -0.0680. The molecule has 10 heteroatoms. The van der Waals surface area contributed by atoms with Crippen LogP contribution in [0.15, 0.2) is 81.7 Å². The normalized spacial score (nSPS) is 32.3. The topological polar surface area (TPSA) is 140 Å². The SMILES string of the molecule is CCCC=C1OC(=O)C2=C1CCC1C3CCC4(C(=CCC(C)CNC)OC(=O)C4=C3C(CN3C(=O)C=CC3=O)C3=CCNC(N)=C3)C21. The van der Waals surface area contributed by atoms with Crippen molar-refractivity contribution in [3.63, 3.8) is 0 Å². The average Bonchev–Trinajstić information content (AvgIpc) is 3.67. The molecule has 0 aromatic rings. The number of amides is 2. The fourth-order valence-electron chi connectivity index (χ4n) is 9.42. The maximum Gasteiger partial charge on any atom is 0.340 e. The van der Waals surface area contributed by atoms with Gasteiger partial charge < -0.3 is 25.8 Å². The second-order valence-corrected chi connectivity index (χ2v) is 14.0. The highest BCUT2D eigenvalue weighted by atomic mass is 16.5. The summed E-state index contributed by atoms with van der Waals surface area (Å²) in [6, 6.07) is 0. The van der Waals surface area contributed by atoms with E-state index in [4.69, 9.17) is 15.2 Å². The van der Waals surface area contributed by atoms with Crippen molar-refractivity contribution < 1.29 is 28.7 Å². The van der Waals surface area contributed by atoms with Crippen molar-refractivity contribution >= 4 is 23.8 Å². The van der Waals surface area contributed by atoms with Gasteiger partial charge in [0.05, 0.1) is 16.8 Å². The van der Waals surface area contributed by atoms with Crippen LogP contribution in [0.3, 0.4) is 0 Å². The van der Waals surface area contributed by atoms with Gasteiger partial charge in [-0.2, -0.15) is 0 Å². The Morgan fingerprint density at radius 3 is 2.64 bits per heavy atom. The zero-order chi connectivity index (χ0) is 33.0. The number of unbranched alkanes of at least 4 members (excludes halogenated alkanes) is 1. The van der Waals surface area contributed by atoms with Gasteiger partial charge in [0.1, 0.15) is 11.5 Å². The maximum absolute atomic E-state index is 14.3. The number of esters is 2. The number of cyclic esters (lactones) is 2. The van der Waals surface area contributed by atoms with Gasteiger partial charge in [0, 0.05) is 48.2 Å². The number of nitrogens with two attached hydrogens (primary N) is 1. The number of fused-ring (bicyclic) bond motifs is 1. The van der Waals surface area contributed by atoms with Crippen molar-refractivity contribution in [1.82, 2.24) is 15.5 Å². The first kappa shape index (κ1) is 31.4. The molecule has 1 spiro atoms. The third-order valence-electron chi connectivity index (χ3n) is 11.3. The van der Waals surface area contributed by atoms with Gasteiger partial charge in [-0.15, -0.1) is 0 Å². The minimum absolute atomic E-state index is 0.0475. The molecule has 6 unspecified atom stereocenters. The summed E-state index contributed by atoms with van der Waals surface area (Å²) in [6.07, 6.45) is 16.1. The number of imide groups is 1. The zero-order valence-electron chi connectivity index (χ0n) is 27.4. The van der Waals surface area contributed by atoms with E-state index in [-0.39, 0.29) is 42.1 Å². The number of nitrogens with one attached hydrogen (secondary N) is 2. The van der Waals surface area contributed by atoms with Crippen LogP contribution in [0.2, 0.25) is 0 Å². The molecule has 2 amide bonds. The molecule has 0 radical (unpaired) electrons. The first-order chi connectivity index (χ1) is 22.7. The van der Waals surface area contributed by atoms with Crippen molar-refractivity contribution in [2.24, 2.45) is 40.7 Å². The van der Waals surface area contributed by atoms with Crippen molar-refractivity contribution in [1.29, 1.82) is 0 Å². The molecule has 4 aliphatic carbocycles. The average molecular weight is 641 g/mol. The first-order valence-corrected chi connectivity index (χ1v) is 17.1. The van der Waals surface area contributed by atoms with Crippen molar-refractivity contribution in [2.75, 3.05) is 26.7 Å². The molecule has 1 saturated heterocycles. The number of ether oxygens (including phenoxy) is 2. The molecule has 2 fully saturated rings. The van der Waals surface area contributed by atoms with Crippen LogP contribution in [-0.4, -0.2) is 55.3 Å². The molecular formula is C37H44N4O6. The Kier molecular flexibility index (Phi) is 8.10. The van der Waals surface area contributed by atoms with Crippen LogP contribution in [0.5, 0.6) is 0 Å². The molecule has 4 heterocycles. The van der Waals surface area contributed by atoms with Crippen molar-refractivity contribution in [3.8, 4) is 0 Å². The fraction of sp³-hybridized carbons (Fsp3) is 0.514. The van der Waals surface area contributed by atoms with E-state index >= 15 is 0 Å². The van der Waals surface area contributed by atoms with Crippen LogP contribution in [0.1, 0.15) is 58.8 Å². The summed E-state index contributed by atoms with van der Waals surface area (Å²) in [6.45, 7) is 5.65. The van der Waals surface area contributed by atoms with Gasteiger partial charge in [-0.25, -0.2) is 9.59 Å². The molecule has 6 atom stereocenters. The predicted molar refractivity (Wildman–Crippen MR) is 174 cm³/mol. The molecule has 2 bridgehead atoms. The molecule has 0 aromatic heterocycles. The molecule has 248 valence electrons. The summed E-state index contributed by atoms with van der Waals surface area (Å²) in [4.78, 5) is 55.3. The lowest BCUT2D eigenvalue weighted by Gasteiger charge is -2.57. The van der Waals surface area contributed by atoms with E-state index in [2.05, 4.69) is 30.6 Å². The first-order valence-electron chi connectivity index (χ1n) is 17.1. The maximum atomic E-state index is 14.3. The molecule has 4 aliphatic heterocycles. The molecule has 1 saturated carbocycles. The van der Waals surface area contributed by atoms with E-state index in [1.165, 1.54) is 17.1 Å². The van der Waals surface area contributed by atoms with E-state index in [9.17, 15) is 19.2 Å². The van der Waals surface area contributed by atoms with Gasteiger partial charge in [0.15, 0.2) is 0 Å². The van der Waals surface area contributed by atoms with Crippen LogP contribution in [0.25, 0.3) is 0 Å². The van der Waals surface area contributed by atoms with Gasteiger partial charge in [0.25, 0.3) is 11.8 Å². The summed E-state index contributed by atoms with van der Waals surface area (Å²) in [7, 11) is 1.92. The summed E-state index contributed by atoms with van der Waals surface area (Å²) >= 11 is 0. The Bertz CT molecular complexity index is 1640. The number of nitrogens with zero attached hydrogens (tertiary/aromatic N) is 1. The Balaban J connectivity index is 1.44. The largest absolute Gasteiger partial charge is 0.427 e. The number of hydrogen-bond acceptors (Lipinski definition) is 9. The quantitative estimate of drug-likeness (QED) is 0.240. The second kappa shape index (κ2) is 12.1. The van der Waals surface area contributed by atoms with E-state index in [1.807, 2.05) is 25.3 Å². The lowest BCUT2D eigenvalue weighted by Crippen LogP contribution is -2.54. The Morgan fingerprint density at radius 2 is 1.91 bits per heavy atom. The van der Waals surface area contributed by atoms with E-state index in [1.54, 1.807) is 0 Å². The minimum atomic E-state index is -0.844. The molecular weight excluding hydrogens is 596 g/mol. The van der Waals surface area contributed by atoms with Crippen molar-refractivity contribution in [3.05, 3.63) is 81.7 Å². The Morgan fingerprint density at radius 1 is 1.13 bits per heavy atom. The fourth-order valence-corrected chi connectivity index (χ4v) is 9.42. The van der Waals surface area contributed by atoms with Crippen LogP contribution >= 0.6 is 0 Å². The third-order valence-corrected chi connectivity index (χ3v) is 11.3. The smallest absolute Gasteiger partial charge is 0.340 e. The highest BCUT2D eigenvalue weighted by molar-refractivity contribution is 6.13. The highest BCUT2D eigenvalue weighted by Gasteiger charge is 2.69. The van der Waals surface area contributed by atoms with Crippen LogP contribution in [-0.2, 0) is 28.7 Å². The standard InChI is InChI=1S/C37H44N4O6/c1-4-5-6-26-24-9-8-23-22-13-15-37(33(23)32(24)35(44)46-26)27(10-7-20(2)18-39-3)47-36(45)34(37)31(22)25(21-14-16-40-28(38)17-21)19-41-29(42)11-12-30(41)43/h6,10-12,14,17,20,22-23,25,33,39-40H,4-5,7-9,13,15-16,18-19,38H2,1-3H3. The number of carbonyl (C=O) groups is 4. The van der Waals surface area contributed by atoms with Crippen LogP contribution in [0.4, 0.5) is 0 Å². The van der Waals surface area contributed by atoms with Gasteiger partial charge in [-0.3, -0.25) is 14.5 Å². The highest BCUT2D eigenvalue weighted by Crippen LogP contribution is 2.71. The molecule has 4 N–H and O–H groups in total. The van der Waals surface area contributed by atoms with Gasteiger partial charge in [-0.1, -0.05) is 26.3 Å². The van der Waals surface area contributed by atoms with E-state index in [0.29, 0.717) is 53.8 Å². The summed E-state index contributed by atoms with van der Waals surface area (Å²) in [5, 5.41) is 6.36. The summed E-state index contributed by atoms with van der Waals surface area (Å²) < 4.78 is 12.3. The van der Waals surface area contributed by atoms with Gasteiger partial charge in [-0.05, 0) is 99.2 Å². The lowest BCUT2D eigenvalue weighted by molar-refractivity contribution is -0.138. The molecule has 8 aliphatic rings. The molecule has 8 rings (SSSR count). The number of carbonyl (C=O) groups excluding carboxylic acids is 4. The monoisotopic (exact) mass is 640 g/mol. The molecule has 10 nitrogen and oxygen atoms in total. The van der Waals surface area contributed by atoms with Crippen LogP contribution in [0, 0.1) is 35.0 Å². The number of hydrogen-bond donors (Lipinski definition) is 3. The van der Waals surface area contributed by atoms with Gasteiger partial charge >= 0.3 is 11.9 Å². The number of allylic oxidation sites excluding steroid dienone is 5. The van der Waals surface area contributed by atoms with Gasteiger partial charge in [0.2, 0.25) is 0 Å². The molecule has 47 heavy (non-hydrogen) atoms. The Labute approximate surface area is 275 Å². The van der Waals surface area contributed by atoms with E-state index < -0.39 is 17.3 Å².